The van der Waals surface area contributed by atoms with Crippen molar-refractivity contribution in [2.45, 2.75) is 48.7 Å². The normalized spacial score (nSPS) is 22.7. The first kappa shape index (κ1) is 23.1. The molecule has 2 aromatic heterocycles. The number of nitrogens with zero attached hydrogens (tertiary/aromatic N) is 3. The average molecular weight is 502 g/mol. The number of amides is 1. The van der Waals surface area contributed by atoms with Gasteiger partial charge in [0.25, 0.3) is 0 Å². The number of primary sulfonamides is 1. The van der Waals surface area contributed by atoms with Gasteiger partial charge in [-0.25, -0.2) is 13.6 Å². The Morgan fingerprint density at radius 3 is 2.79 bits per heavy atom. The Kier molecular flexibility index (Phi) is 6.26. The zero-order chi connectivity index (χ0) is 23.9. The first-order valence-electron chi connectivity index (χ1n) is 11.3. The van der Waals surface area contributed by atoms with Crippen LogP contribution in [0.25, 0.3) is 11.6 Å². The molecule has 2 bridgehead atoms. The summed E-state index contributed by atoms with van der Waals surface area (Å²) in [6.45, 7) is 2.21. The fourth-order valence-corrected chi connectivity index (χ4v) is 6.85. The van der Waals surface area contributed by atoms with Gasteiger partial charge >= 0.3 is 0 Å². The van der Waals surface area contributed by atoms with E-state index in [2.05, 4.69) is 27.0 Å². The number of rotatable bonds is 8. The molecular weight excluding hydrogens is 474 g/mol. The largest absolute Gasteiger partial charge is 0.461 e. The summed E-state index contributed by atoms with van der Waals surface area (Å²) >= 11 is 1.30. The number of aromatic nitrogens is 3. The Hall–Kier alpha value is -2.63. The van der Waals surface area contributed by atoms with E-state index >= 15 is 0 Å². The van der Waals surface area contributed by atoms with Crippen LogP contribution in [0.1, 0.15) is 38.6 Å². The van der Waals surface area contributed by atoms with Crippen LogP contribution in [-0.4, -0.2) is 34.8 Å². The molecule has 1 aromatic carbocycles. The maximum atomic E-state index is 12.6. The average Bonchev–Trinajstić information content (AvgIpc) is 3.60. The molecule has 2 aliphatic rings. The van der Waals surface area contributed by atoms with Crippen molar-refractivity contribution in [2.75, 3.05) is 11.1 Å². The predicted octanol–water partition coefficient (Wildman–Crippen LogP) is 3.91. The number of furan rings is 1. The van der Waals surface area contributed by atoms with Crippen LogP contribution < -0.4 is 10.5 Å². The van der Waals surface area contributed by atoms with Crippen molar-refractivity contribution in [3.63, 3.8) is 0 Å². The molecule has 34 heavy (non-hydrogen) atoms. The molecule has 11 heteroatoms. The van der Waals surface area contributed by atoms with Crippen LogP contribution in [0.3, 0.4) is 0 Å². The van der Waals surface area contributed by atoms with E-state index in [-0.39, 0.29) is 22.6 Å². The number of anilines is 1. The summed E-state index contributed by atoms with van der Waals surface area (Å²) in [7, 11) is -3.85. The Balaban J connectivity index is 1.33. The summed E-state index contributed by atoms with van der Waals surface area (Å²) in [5.74, 6) is 3.23. The van der Waals surface area contributed by atoms with E-state index < -0.39 is 10.0 Å². The zero-order valence-electron chi connectivity index (χ0n) is 18.8. The Bertz CT molecular complexity index is 1290. The number of sulfonamides is 1. The van der Waals surface area contributed by atoms with Crippen LogP contribution in [0, 0.1) is 17.8 Å². The molecule has 2 aliphatic carbocycles. The molecular formula is C23H27N5O4S2. The summed E-state index contributed by atoms with van der Waals surface area (Å²) in [4.78, 5) is 12.6. The highest BCUT2D eigenvalue weighted by molar-refractivity contribution is 7.99. The molecule has 5 rings (SSSR count). The highest BCUT2D eigenvalue weighted by atomic mass is 32.2. The Morgan fingerprint density at radius 2 is 2.12 bits per heavy atom. The van der Waals surface area contributed by atoms with Gasteiger partial charge in [0.15, 0.2) is 10.9 Å². The molecule has 4 unspecified atom stereocenters. The van der Waals surface area contributed by atoms with E-state index in [1.807, 2.05) is 12.1 Å². The lowest BCUT2D eigenvalue weighted by molar-refractivity contribution is -0.113. The molecule has 180 valence electrons. The van der Waals surface area contributed by atoms with E-state index in [1.54, 1.807) is 12.3 Å². The molecule has 1 amide bonds. The summed E-state index contributed by atoms with van der Waals surface area (Å²) in [5.41, 5.74) is 0.366. The van der Waals surface area contributed by atoms with Crippen molar-refractivity contribution >= 4 is 33.4 Å². The SMILES string of the molecule is CC(C1CC2CCC1C2)n1c(SCC(=O)Nc2cccc(S(N)(=O)=O)c2)nnc1-c1ccco1. The number of fused-ring (bicyclic) bond motifs is 2. The lowest BCUT2D eigenvalue weighted by Gasteiger charge is -2.30. The van der Waals surface area contributed by atoms with Gasteiger partial charge in [-0.05, 0) is 74.3 Å². The fourth-order valence-electron chi connectivity index (χ4n) is 5.47. The van der Waals surface area contributed by atoms with Crippen LogP contribution >= 0.6 is 11.8 Å². The van der Waals surface area contributed by atoms with Crippen molar-refractivity contribution in [3.8, 4) is 11.6 Å². The molecule has 0 aliphatic heterocycles. The smallest absolute Gasteiger partial charge is 0.238 e. The minimum atomic E-state index is -3.85. The summed E-state index contributed by atoms with van der Waals surface area (Å²) in [6.07, 6.45) is 6.74. The van der Waals surface area contributed by atoms with Crippen molar-refractivity contribution in [1.29, 1.82) is 0 Å². The predicted molar refractivity (Wildman–Crippen MR) is 129 cm³/mol. The maximum Gasteiger partial charge on any atom is 0.238 e. The van der Waals surface area contributed by atoms with Crippen molar-refractivity contribution < 1.29 is 17.6 Å². The maximum absolute atomic E-state index is 12.6. The third-order valence-corrected chi connectivity index (χ3v) is 8.86. The number of nitrogens with two attached hydrogens (primary N) is 1. The molecule has 2 fully saturated rings. The molecule has 0 radical (unpaired) electrons. The van der Waals surface area contributed by atoms with Gasteiger partial charge in [0.05, 0.1) is 16.9 Å². The molecule has 9 nitrogen and oxygen atoms in total. The second kappa shape index (κ2) is 9.20. The minimum Gasteiger partial charge on any atom is -0.461 e. The number of thioether (sulfide) groups is 1. The minimum absolute atomic E-state index is 0.0551. The molecule has 0 spiro atoms. The molecule has 2 saturated carbocycles. The van der Waals surface area contributed by atoms with Crippen LogP contribution in [0.4, 0.5) is 5.69 Å². The van der Waals surface area contributed by atoms with Crippen molar-refractivity contribution in [2.24, 2.45) is 22.9 Å². The quantitative estimate of drug-likeness (QED) is 0.447. The lowest BCUT2D eigenvalue weighted by Crippen LogP contribution is -2.23. The van der Waals surface area contributed by atoms with Gasteiger partial charge in [-0.15, -0.1) is 10.2 Å². The Morgan fingerprint density at radius 1 is 1.26 bits per heavy atom. The summed E-state index contributed by atoms with van der Waals surface area (Å²) in [5, 5.41) is 17.4. The number of hydrogen-bond acceptors (Lipinski definition) is 7. The van der Waals surface area contributed by atoms with Gasteiger partial charge in [-0.3, -0.25) is 9.36 Å². The third-order valence-electron chi connectivity index (χ3n) is 7.00. The van der Waals surface area contributed by atoms with Gasteiger partial charge in [-0.2, -0.15) is 0 Å². The van der Waals surface area contributed by atoms with E-state index in [9.17, 15) is 13.2 Å². The van der Waals surface area contributed by atoms with Crippen LogP contribution in [0.5, 0.6) is 0 Å². The summed E-state index contributed by atoms with van der Waals surface area (Å²) < 4.78 is 30.9. The number of carbonyl (C=O) groups excluding carboxylic acids is 1. The van der Waals surface area contributed by atoms with Gasteiger partial charge in [-0.1, -0.05) is 24.2 Å². The monoisotopic (exact) mass is 501 g/mol. The van der Waals surface area contributed by atoms with Gasteiger partial charge in [0, 0.05) is 11.7 Å². The molecule has 3 N–H and O–H groups in total. The van der Waals surface area contributed by atoms with Crippen LogP contribution in [0.2, 0.25) is 0 Å². The van der Waals surface area contributed by atoms with Crippen LogP contribution in [-0.2, 0) is 14.8 Å². The van der Waals surface area contributed by atoms with Gasteiger partial charge < -0.3 is 9.73 Å². The second-order valence-corrected chi connectivity index (χ2v) is 11.6. The number of carbonyl (C=O) groups is 1. The first-order valence-corrected chi connectivity index (χ1v) is 13.9. The molecule has 0 saturated heterocycles. The van der Waals surface area contributed by atoms with E-state index in [1.165, 1.54) is 55.6 Å². The van der Waals surface area contributed by atoms with E-state index in [4.69, 9.17) is 9.56 Å². The zero-order valence-corrected chi connectivity index (χ0v) is 20.4. The number of hydrogen-bond donors (Lipinski definition) is 2. The van der Waals surface area contributed by atoms with E-state index in [0.29, 0.717) is 28.3 Å². The lowest BCUT2D eigenvalue weighted by atomic mass is 9.84. The van der Waals surface area contributed by atoms with Crippen molar-refractivity contribution in [3.05, 3.63) is 42.7 Å². The summed E-state index contributed by atoms with van der Waals surface area (Å²) in [6, 6.07) is 9.75. The third kappa shape index (κ3) is 4.64. The molecule has 2 heterocycles. The highest BCUT2D eigenvalue weighted by Gasteiger charge is 2.43. The fraction of sp³-hybridized carbons (Fsp3) is 0.435. The molecule has 4 atom stereocenters. The Labute approximate surface area is 202 Å². The number of benzene rings is 1. The molecule has 3 aromatic rings. The highest BCUT2D eigenvalue weighted by Crippen LogP contribution is 2.53. The second-order valence-electron chi connectivity index (χ2n) is 9.14. The standard InChI is InChI=1S/C23H27N5O4S2/c1-14(19-11-15-7-8-16(19)10-15)28-22(20-6-3-9-32-20)26-27-23(28)33-13-21(29)25-17-4-2-5-18(12-17)34(24,30)31/h2-6,9,12,14-16,19H,7-8,10-11,13H2,1H3,(H,25,29)(H2,24,30,31). The van der Waals surface area contributed by atoms with Crippen LogP contribution in [0.15, 0.2) is 57.1 Å². The van der Waals surface area contributed by atoms with Gasteiger partial charge in [0.2, 0.25) is 21.8 Å². The van der Waals surface area contributed by atoms with Crippen molar-refractivity contribution in [1.82, 2.24) is 14.8 Å². The number of nitrogens with one attached hydrogen (secondary N) is 1. The first-order chi connectivity index (χ1) is 16.3. The van der Waals surface area contributed by atoms with E-state index in [0.717, 1.165) is 11.8 Å². The van der Waals surface area contributed by atoms with Gasteiger partial charge in [0.1, 0.15) is 0 Å². The topological polar surface area (TPSA) is 133 Å².